The summed E-state index contributed by atoms with van der Waals surface area (Å²) in [6.07, 6.45) is 0.584. The number of rotatable bonds is 11. The molecule has 172 valence electrons. The predicted molar refractivity (Wildman–Crippen MR) is 122 cm³/mol. The van der Waals surface area contributed by atoms with Crippen LogP contribution in [0, 0.1) is 5.82 Å². The van der Waals surface area contributed by atoms with Gasteiger partial charge in [-0.25, -0.2) is 9.38 Å². The molecule has 2 amide bonds. The Balaban J connectivity index is 1.92. The Morgan fingerprint density at radius 3 is 2.47 bits per heavy atom. The monoisotopic (exact) mass is 443 g/mol. The van der Waals surface area contributed by atoms with Gasteiger partial charge in [-0.15, -0.1) is 0 Å². The molecule has 1 atom stereocenters. The lowest BCUT2D eigenvalue weighted by atomic mass is 10.1. The van der Waals surface area contributed by atoms with Crippen LogP contribution < -0.4 is 26.4 Å². The number of hydrogen-bond donors (Lipinski definition) is 4. The minimum Gasteiger partial charge on any atom is -0.489 e. The minimum atomic E-state index is -0.598. The Morgan fingerprint density at radius 2 is 1.84 bits per heavy atom. The van der Waals surface area contributed by atoms with Gasteiger partial charge in [0, 0.05) is 18.2 Å². The van der Waals surface area contributed by atoms with Crippen LogP contribution in [0.2, 0.25) is 0 Å². The summed E-state index contributed by atoms with van der Waals surface area (Å²) in [5.41, 5.74) is 6.38. The van der Waals surface area contributed by atoms with Crippen LogP contribution in [0.3, 0.4) is 0 Å². The topological polar surface area (TPSA) is 118 Å². The molecule has 1 unspecified atom stereocenters. The zero-order valence-corrected chi connectivity index (χ0v) is 18.4. The van der Waals surface area contributed by atoms with Gasteiger partial charge in [0.25, 0.3) is 5.91 Å². The average molecular weight is 444 g/mol. The largest absolute Gasteiger partial charge is 0.489 e. The van der Waals surface area contributed by atoms with Gasteiger partial charge in [0.15, 0.2) is 5.96 Å². The Bertz CT molecular complexity index is 918. The maximum atomic E-state index is 13.4. The molecule has 0 aromatic heterocycles. The van der Waals surface area contributed by atoms with E-state index in [1.807, 2.05) is 13.8 Å². The average Bonchev–Trinajstić information content (AvgIpc) is 2.78. The lowest BCUT2D eigenvalue weighted by molar-refractivity contribution is -0.117. The first kappa shape index (κ1) is 24.6. The summed E-state index contributed by atoms with van der Waals surface area (Å²) in [4.78, 5) is 27.3. The second-order valence-electron chi connectivity index (χ2n) is 7.03. The van der Waals surface area contributed by atoms with Crippen LogP contribution in [0.15, 0.2) is 53.5 Å². The van der Waals surface area contributed by atoms with Crippen LogP contribution in [0.4, 0.5) is 4.39 Å². The fourth-order valence-corrected chi connectivity index (χ4v) is 2.76. The number of nitrogens with zero attached hydrogens (tertiary/aromatic N) is 1. The second-order valence-corrected chi connectivity index (χ2v) is 7.03. The third-order valence-corrected chi connectivity index (χ3v) is 4.45. The van der Waals surface area contributed by atoms with Gasteiger partial charge in [-0.2, -0.15) is 0 Å². The van der Waals surface area contributed by atoms with Crippen molar-refractivity contribution < 1.29 is 18.7 Å². The molecule has 0 spiro atoms. The van der Waals surface area contributed by atoms with E-state index in [1.54, 1.807) is 36.4 Å². The van der Waals surface area contributed by atoms with E-state index in [1.165, 1.54) is 12.1 Å². The Kier molecular flexibility index (Phi) is 9.96. The minimum absolute atomic E-state index is 0.154. The highest BCUT2D eigenvalue weighted by Crippen LogP contribution is 2.14. The van der Waals surface area contributed by atoms with Gasteiger partial charge >= 0.3 is 0 Å². The molecule has 0 heterocycles. The standard InChI is InChI=1S/C23H30FN5O3/c1-3-19(32-20-7-5-6-18(24)12-20)14-29-23(26-4-2)28-13-16-8-10-17(11-9-16)22(31)27-15-21(25)30/h5-12,19H,3-4,13-15H2,1-2H3,(H2,25,30)(H,27,31)(H2,26,28,29). The van der Waals surface area contributed by atoms with Crippen LogP contribution >= 0.6 is 0 Å². The van der Waals surface area contributed by atoms with Crippen molar-refractivity contribution in [2.75, 3.05) is 19.6 Å². The molecule has 8 nitrogen and oxygen atoms in total. The highest BCUT2D eigenvalue weighted by atomic mass is 19.1. The van der Waals surface area contributed by atoms with Gasteiger partial charge in [-0.3, -0.25) is 9.59 Å². The number of hydrogen-bond acceptors (Lipinski definition) is 4. The summed E-state index contributed by atoms with van der Waals surface area (Å²) in [6.45, 7) is 5.35. The molecule has 9 heteroatoms. The third kappa shape index (κ3) is 8.63. The maximum Gasteiger partial charge on any atom is 0.251 e. The number of nitrogens with one attached hydrogen (secondary N) is 3. The molecule has 0 aliphatic heterocycles. The number of amides is 2. The highest BCUT2D eigenvalue weighted by Gasteiger charge is 2.10. The van der Waals surface area contributed by atoms with Crippen molar-refractivity contribution >= 4 is 17.8 Å². The second kappa shape index (κ2) is 12.9. The van der Waals surface area contributed by atoms with Gasteiger partial charge in [0.1, 0.15) is 17.7 Å². The zero-order chi connectivity index (χ0) is 23.3. The van der Waals surface area contributed by atoms with Crippen molar-refractivity contribution in [3.8, 4) is 5.75 Å². The number of aliphatic imine (C=N–C) groups is 1. The Labute approximate surface area is 187 Å². The Hall–Kier alpha value is -3.62. The molecule has 32 heavy (non-hydrogen) atoms. The number of carbonyl (C=O) groups is 2. The summed E-state index contributed by atoms with van der Waals surface area (Å²) >= 11 is 0. The van der Waals surface area contributed by atoms with Crippen molar-refractivity contribution in [3.63, 3.8) is 0 Å². The summed E-state index contributed by atoms with van der Waals surface area (Å²) in [5, 5.41) is 8.87. The molecule has 2 aromatic carbocycles. The Morgan fingerprint density at radius 1 is 1.09 bits per heavy atom. The summed E-state index contributed by atoms with van der Waals surface area (Å²) in [6, 6.07) is 13.0. The van der Waals surface area contributed by atoms with Crippen molar-refractivity contribution in [1.29, 1.82) is 0 Å². The van der Waals surface area contributed by atoms with Gasteiger partial charge in [0.05, 0.1) is 19.6 Å². The molecule has 2 aromatic rings. The molecule has 0 saturated carbocycles. The lowest BCUT2D eigenvalue weighted by Gasteiger charge is -2.20. The first-order chi connectivity index (χ1) is 15.4. The van der Waals surface area contributed by atoms with E-state index in [2.05, 4.69) is 20.9 Å². The molecule has 0 fully saturated rings. The number of benzene rings is 2. The van der Waals surface area contributed by atoms with E-state index >= 15 is 0 Å². The van der Waals surface area contributed by atoms with E-state index in [-0.39, 0.29) is 24.4 Å². The normalized spacial score (nSPS) is 12.0. The predicted octanol–water partition coefficient (Wildman–Crippen LogP) is 1.95. The number of ether oxygens (including phenoxy) is 1. The smallest absolute Gasteiger partial charge is 0.251 e. The van der Waals surface area contributed by atoms with Crippen LogP contribution in [-0.4, -0.2) is 43.5 Å². The lowest BCUT2D eigenvalue weighted by Crippen LogP contribution is -2.42. The molecule has 0 aliphatic rings. The molecule has 0 saturated heterocycles. The quantitative estimate of drug-likeness (QED) is 0.313. The summed E-state index contributed by atoms with van der Waals surface area (Å²) < 4.78 is 19.2. The fourth-order valence-electron chi connectivity index (χ4n) is 2.76. The van der Waals surface area contributed by atoms with Crippen LogP contribution in [0.5, 0.6) is 5.75 Å². The molecule has 0 aliphatic carbocycles. The number of primary amides is 1. The van der Waals surface area contributed by atoms with Crippen molar-refractivity contribution in [3.05, 3.63) is 65.5 Å². The van der Waals surface area contributed by atoms with Crippen molar-refractivity contribution in [1.82, 2.24) is 16.0 Å². The number of nitrogens with two attached hydrogens (primary N) is 1. The van der Waals surface area contributed by atoms with E-state index in [4.69, 9.17) is 10.5 Å². The fraction of sp³-hybridized carbons (Fsp3) is 0.348. The maximum absolute atomic E-state index is 13.4. The van der Waals surface area contributed by atoms with Gasteiger partial charge in [0.2, 0.25) is 5.91 Å². The number of halogens is 1. The van der Waals surface area contributed by atoms with Gasteiger partial charge in [-0.05, 0) is 43.2 Å². The molecule has 0 radical (unpaired) electrons. The third-order valence-electron chi connectivity index (χ3n) is 4.45. The first-order valence-electron chi connectivity index (χ1n) is 10.5. The molecule has 0 bridgehead atoms. The van der Waals surface area contributed by atoms with E-state index in [9.17, 15) is 14.0 Å². The molecular formula is C23H30FN5O3. The van der Waals surface area contributed by atoms with E-state index in [0.29, 0.717) is 36.9 Å². The highest BCUT2D eigenvalue weighted by molar-refractivity contribution is 5.96. The first-order valence-corrected chi connectivity index (χ1v) is 10.5. The van der Waals surface area contributed by atoms with Crippen molar-refractivity contribution in [2.45, 2.75) is 32.9 Å². The van der Waals surface area contributed by atoms with Crippen LogP contribution in [-0.2, 0) is 11.3 Å². The molecular weight excluding hydrogens is 413 g/mol. The van der Waals surface area contributed by atoms with E-state index < -0.39 is 5.91 Å². The van der Waals surface area contributed by atoms with E-state index in [0.717, 1.165) is 12.0 Å². The van der Waals surface area contributed by atoms with Gasteiger partial charge < -0.3 is 26.4 Å². The van der Waals surface area contributed by atoms with Crippen molar-refractivity contribution in [2.24, 2.45) is 10.7 Å². The summed E-state index contributed by atoms with van der Waals surface area (Å²) in [7, 11) is 0. The van der Waals surface area contributed by atoms with Gasteiger partial charge in [-0.1, -0.05) is 25.1 Å². The SMILES string of the molecule is CCNC(=NCc1ccc(C(=O)NCC(N)=O)cc1)NCC(CC)Oc1cccc(F)c1. The van der Waals surface area contributed by atoms with Crippen LogP contribution in [0.25, 0.3) is 0 Å². The molecule has 2 rings (SSSR count). The molecule has 5 N–H and O–H groups in total. The number of guanidine groups is 1. The zero-order valence-electron chi connectivity index (χ0n) is 18.4. The summed E-state index contributed by atoms with van der Waals surface area (Å²) in [5.74, 6) is -0.189. The van der Waals surface area contributed by atoms with Crippen LogP contribution in [0.1, 0.15) is 36.2 Å². The number of carbonyl (C=O) groups excluding carboxylic acids is 2.